The lowest BCUT2D eigenvalue weighted by atomic mass is 10.1. The first-order chi connectivity index (χ1) is 12.8. The Balaban J connectivity index is 1.76. The molecule has 0 radical (unpaired) electrons. The molecule has 0 N–H and O–H groups in total. The fraction of sp³-hybridized carbons (Fsp3) is 0.250. The summed E-state index contributed by atoms with van der Waals surface area (Å²) in [7, 11) is 1.63. The number of benzene rings is 1. The third-order valence-electron chi connectivity index (χ3n) is 3.78. The molecule has 0 fully saturated rings. The summed E-state index contributed by atoms with van der Waals surface area (Å²) in [5.74, 6) is 1.34. The molecule has 1 aromatic carbocycles. The molecule has 0 saturated heterocycles. The van der Waals surface area contributed by atoms with Gasteiger partial charge in [-0.3, -0.25) is 4.79 Å². The maximum atomic E-state index is 13.1. The Morgan fingerprint density at radius 1 is 1.12 bits per heavy atom. The third-order valence-corrected chi connectivity index (χ3v) is 4.64. The number of carbonyl (C=O) groups excluding carboxylic acids is 1. The van der Waals surface area contributed by atoms with Crippen molar-refractivity contribution in [3.63, 3.8) is 0 Å². The van der Waals surface area contributed by atoms with Crippen molar-refractivity contribution in [3.05, 3.63) is 76.4 Å². The van der Waals surface area contributed by atoms with Gasteiger partial charge in [-0.15, -0.1) is 11.3 Å². The largest absolute Gasteiger partial charge is 0.491 e. The smallest absolute Gasteiger partial charge is 0.254 e. The molecule has 0 unspecified atom stereocenters. The van der Waals surface area contributed by atoms with E-state index >= 15 is 0 Å². The molecular weight excluding hydrogens is 350 g/mol. The standard InChI is InChI=1S/C20H21NO4S/c1-23-10-11-25-17-6-2-5-16(13-17)20(22)21(14-18-7-3-9-24-18)15-19-8-4-12-26-19/h2-9,12-13H,10-11,14-15H2,1H3. The normalized spacial score (nSPS) is 10.7. The minimum atomic E-state index is -0.0630. The Morgan fingerprint density at radius 3 is 2.77 bits per heavy atom. The Labute approximate surface area is 156 Å². The number of carbonyl (C=O) groups is 1. The highest BCUT2D eigenvalue weighted by molar-refractivity contribution is 7.09. The molecule has 0 bridgehead atoms. The van der Waals surface area contributed by atoms with Gasteiger partial charge < -0.3 is 18.8 Å². The molecule has 3 aromatic rings. The van der Waals surface area contributed by atoms with Crippen molar-refractivity contribution >= 4 is 17.2 Å². The maximum absolute atomic E-state index is 13.1. The first-order valence-corrected chi connectivity index (χ1v) is 9.20. The van der Waals surface area contributed by atoms with Gasteiger partial charge in [0.25, 0.3) is 5.91 Å². The number of amides is 1. The van der Waals surface area contributed by atoms with Gasteiger partial charge in [0.2, 0.25) is 0 Å². The Bertz CT molecular complexity index is 763. The summed E-state index contributed by atoms with van der Waals surface area (Å²) in [5.41, 5.74) is 0.586. The first-order valence-electron chi connectivity index (χ1n) is 8.32. The quantitative estimate of drug-likeness (QED) is 0.529. The second-order valence-corrected chi connectivity index (χ2v) is 6.72. The second kappa shape index (κ2) is 9.22. The number of rotatable bonds is 9. The van der Waals surface area contributed by atoms with Crippen LogP contribution >= 0.6 is 11.3 Å². The van der Waals surface area contributed by atoms with Crippen LogP contribution in [0.1, 0.15) is 21.0 Å². The zero-order chi connectivity index (χ0) is 18.2. The van der Waals surface area contributed by atoms with E-state index in [0.717, 1.165) is 10.6 Å². The van der Waals surface area contributed by atoms with E-state index < -0.39 is 0 Å². The van der Waals surface area contributed by atoms with Crippen LogP contribution in [-0.4, -0.2) is 31.1 Å². The highest BCUT2D eigenvalue weighted by Crippen LogP contribution is 2.20. The zero-order valence-corrected chi connectivity index (χ0v) is 15.4. The molecule has 0 aliphatic heterocycles. The average molecular weight is 371 g/mol. The molecule has 6 heteroatoms. The van der Waals surface area contributed by atoms with Crippen molar-refractivity contribution < 1.29 is 18.7 Å². The van der Waals surface area contributed by atoms with E-state index in [4.69, 9.17) is 13.9 Å². The lowest BCUT2D eigenvalue weighted by molar-refractivity contribution is 0.0719. The molecule has 0 aliphatic rings. The molecule has 2 aromatic heterocycles. The lowest BCUT2D eigenvalue weighted by Crippen LogP contribution is -2.29. The minimum Gasteiger partial charge on any atom is -0.491 e. The molecular formula is C20H21NO4S. The van der Waals surface area contributed by atoms with Crippen LogP contribution in [0.2, 0.25) is 0 Å². The van der Waals surface area contributed by atoms with E-state index in [2.05, 4.69) is 0 Å². The predicted octanol–water partition coefficient (Wildman–Crippen LogP) is 4.21. The molecule has 2 heterocycles. The highest BCUT2D eigenvalue weighted by atomic mass is 32.1. The number of hydrogen-bond acceptors (Lipinski definition) is 5. The van der Waals surface area contributed by atoms with E-state index in [1.807, 2.05) is 41.8 Å². The van der Waals surface area contributed by atoms with Crippen LogP contribution in [0, 0.1) is 0 Å². The van der Waals surface area contributed by atoms with Gasteiger partial charge in [-0.2, -0.15) is 0 Å². The van der Waals surface area contributed by atoms with Gasteiger partial charge in [0, 0.05) is 17.6 Å². The predicted molar refractivity (Wildman–Crippen MR) is 100 cm³/mol. The fourth-order valence-corrected chi connectivity index (χ4v) is 3.24. The van der Waals surface area contributed by atoms with Crippen molar-refractivity contribution in [2.24, 2.45) is 0 Å². The van der Waals surface area contributed by atoms with Gasteiger partial charge in [0.05, 0.1) is 26.0 Å². The SMILES string of the molecule is COCCOc1cccc(C(=O)N(Cc2ccco2)Cc2cccs2)c1. The van der Waals surface area contributed by atoms with Crippen LogP contribution in [0.3, 0.4) is 0 Å². The summed E-state index contributed by atoms with van der Waals surface area (Å²) in [6.45, 7) is 1.89. The molecule has 3 rings (SSSR count). The van der Waals surface area contributed by atoms with Gasteiger partial charge in [-0.1, -0.05) is 12.1 Å². The summed E-state index contributed by atoms with van der Waals surface area (Å²) in [5, 5.41) is 2.01. The van der Waals surface area contributed by atoms with Gasteiger partial charge in [-0.25, -0.2) is 0 Å². The summed E-state index contributed by atoms with van der Waals surface area (Å²) in [6, 6.07) is 14.9. The van der Waals surface area contributed by atoms with Crippen molar-refractivity contribution in [1.82, 2.24) is 4.90 Å². The Kier molecular flexibility index (Phi) is 6.46. The molecule has 0 aliphatic carbocycles. The molecule has 5 nitrogen and oxygen atoms in total. The Hall–Kier alpha value is -2.57. The minimum absolute atomic E-state index is 0.0630. The van der Waals surface area contributed by atoms with Crippen molar-refractivity contribution in [2.75, 3.05) is 20.3 Å². The highest BCUT2D eigenvalue weighted by Gasteiger charge is 2.19. The number of methoxy groups -OCH3 is 1. The van der Waals surface area contributed by atoms with Crippen LogP contribution in [0.15, 0.2) is 64.6 Å². The molecule has 1 amide bonds. The van der Waals surface area contributed by atoms with E-state index in [1.165, 1.54) is 0 Å². The molecule has 0 spiro atoms. The fourth-order valence-electron chi connectivity index (χ4n) is 2.53. The summed E-state index contributed by atoms with van der Waals surface area (Å²) in [4.78, 5) is 16.0. The molecule has 0 atom stereocenters. The number of ether oxygens (including phenoxy) is 2. The summed E-state index contributed by atoms with van der Waals surface area (Å²) >= 11 is 1.63. The van der Waals surface area contributed by atoms with Crippen LogP contribution in [0.25, 0.3) is 0 Å². The van der Waals surface area contributed by atoms with Gasteiger partial charge in [-0.05, 0) is 41.8 Å². The second-order valence-electron chi connectivity index (χ2n) is 5.69. The number of furan rings is 1. The van der Waals surface area contributed by atoms with Crippen LogP contribution in [0.5, 0.6) is 5.75 Å². The summed E-state index contributed by atoms with van der Waals surface area (Å²) < 4.78 is 16.0. The topological polar surface area (TPSA) is 51.9 Å². The van der Waals surface area contributed by atoms with E-state index in [-0.39, 0.29) is 5.91 Å². The van der Waals surface area contributed by atoms with Crippen molar-refractivity contribution in [2.45, 2.75) is 13.1 Å². The molecule has 0 saturated carbocycles. The van der Waals surface area contributed by atoms with Gasteiger partial charge in [0.1, 0.15) is 18.1 Å². The maximum Gasteiger partial charge on any atom is 0.254 e. The van der Waals surface area contributed by atoms with E-state index in [9.17, 15) is 4.79 Å². The molecule has 26 heavy (non-hydrogen) atoms. The van der Waals surface area contributed by atoms with Gasteiger partial charge in [0.15, 0.2) is 0 Å². The van der Waals surface area contributed by atoms with Crippen LogP contribution < -0.4 is 4.74 Å². The number of thiophene rings is 1. The van der Waals surface area contributed by atoms with Crippen LogP contribution in [0.4, 0.5) is 0 Å². The average Bonchev–Trinajstić information content (AvgIpc) is 3.35. The Morgan fingerprint density at radius 2 is 2.04 bits per heavy atom. The summed E-state index contributed by atoms with van der Waals surface area (Å²) in [6.07, 6.45) is 1.62. The van der Waals surface area contributed by atoms with Crippen molar-refractivity contribution in [3.8, 4) is 5.75 Å². The number of nitrogens with zero attached hydrogens (tertiary/aromatic N) is 1. The molecule has 136 valence electrons. The zero-order valence-electron chi connectivity index (χ0n) is 14.6. The monoisotopic (exact) mass is 371 g/mol. The first kappa shape index (κ1) is 18.2. The van der Waals surface area contributed by atoms with E-state index in [0.29, 0.717) is 37.6 Å². The van der Waals surface area contributed by atoms with E-state index in [1.54, 1.807) is 41.7 Å². The van der Waals surface area contributed by atoms with Crippen molar-refractivity contribution in [1.29, 1.82) is 0 Å². The van der Waals surface area contributed by atoms with Gasteiger partial charge >= 0.3 is 0 Å². The third kappa shape index (κ3) is 4.97. The number of hydrogen-bond donors (Lipinski definition) is 0. The van der Waals surface area contributed by atoms with Crippen LogP contribution in [-0.2, 0) is 17.8 Å². The lowest BCUT2D eigenvalue weighted by Gasteiger charge is -2.21.